The van der Waals surface area contributed by atoms with Crippen LogP contribution in [0.4, 0.5) is 5.69 Å². The molecule has 86 valence electrons. The molecule has 0 unspecified atom stereocenters. The normalized spacial score (nSPS) is 11.1. The van der Waals surface area contributed by atoms with E-state index in [1.54, 1.807) is 18.2 Å². The van der Waals surface area contributed by atoms with Crippen LogP contribution in [0.5, 0.6) is 0 Å². The zero-order valence-corrected chi connectivity index (χ0v) is 9.93. The molecule has 4 N–H and O–H groups in total. The Hall–Kier alpha value is -1.46. The number of hydrogen-bond donors (Lipinski definition) is 3. The zero-order valence-electron chi connectivity index (χ0n) is 8.42. The maximum absolute atomic E-state index is 10.6. The Morgan fingerprint density at radius 2 is 1.88 bits per heavy atom. The lowest BCUT2D eigenvalue weighted by Gasteiger charge is -2.06. The van der Waals surface area contributed by atoms with Gasteiger partial charge in [0.05, 0.1) is 10.0 Å². The van der Waals surface area contributed by atoms with Gasteiger partial charge in [-0.3, -0.25) is 15.6 Å². The standard InChI is InChI=1S/C9H10Cl2N4O/c1-5(16)14-15-9(12)13-8-6(10)3-2-4-7(8)11/h2-4H,1H3,(H,14,16)(H3,12,13,15). The van der Waals surface area contributed by atoms with Crippen molar-refractivity contribution in [3.05, 3.63) is 28.2 Å². The molecule has 1 aromatic carbocycles. The van der Waals surface area contributed by atoms with Crippen molar-refractivity contribution in [2.75, 3.05) is 0 Å². The Balaban J connectivity index is 2.85. The summed E-state index contributed by atoms with van der Waals surface area (Å²) in [5.41, 5.74) is 10.5. The Morgan fingerprint density at radius 3 is 2.38 bits per heavy atom. The van der Waals surface area contributed by atoms with E-state index >= 15 is 0 Å². The molecular weight excluding hydrogens is 251 g/mol. The molecule has 0 fully saturated rings. The third kappa shape index (κ3) is 3.60. The highest BCUT2D eigenvalue weighted by Gasteiger charge is 2.04. The van der Waals surface area contributed by atoms with E-state index < -0.39 is 0 Å². The third-order valence-electron chi connectivity index (χ3n) is 1.54. The number of rotatable bonds is 1. The van der Waals surface area contributed by atoms with Crippen LogP contribution in [0.1, 0.15) is 6.92 Å². The summed E-state index contributed by atoms with van der Waals surface area (Å²) >= 11 is 11.7. The van der Waals surface area contributed by atoms with Gasteiger partial charge in [0.15, 0.2) is 0 Å². The predicted octanol–water partition coefficient (Wildman–Crippen LogP) is 1.58. The van der Waals surface area contributed by atoms with E-state index in [2.05, 4.69) is 15.8 Å². The summed E-state index contributed by atoms with van der Waals surface area (Å²) in [6.45, 7) is 1.34. The molecule has 0 aliphatic rings. The minimum Gasteiger partial charge on any atom is -0.368 e. The van der Waals surface area contributed by atoms with Crippen LogP contribution in [-0.2, 0) is 4.79 Å². The first-order valence-electron chi connectivity index (χ1n) is 4.31. The zero-order chi connectivity index (χ0) is 12.1. The molecule has 0 saturated heterocycles. The highest BCUT2D eigenvalue weighted by atomic mass is 35.5. The van der Waals surface area contributed by atoms with Crippen LogP contribution in [-0.4, -0.2) is 11.9 Å². The van der Waals surface area contributed by atoms with Gasteiger partial charge in [-0.25, -0.2) is 4.99 Å². The number of nitrogens with one attached hydrogen (secondary N) is 2. The van der Waals surface area contributed by atoms with Gasteiger partial charge in [-0.05, 0) is 12.1 Å². The van der Waals surface area contributed by atoms with Crippen molar-refractivity contribution in [2.45, 2.75) is 6.92 Å². The molecule has 0 aromatic heterocycles. The number of hydrogen-bond acceptors (Lipinski definition) is 2. The molecule has 1 amide bonds. The molecule has 0 atom stereocenters. The molecule has 0 bridgehead atoms. The topological polar surface area (TPSA) is 79.5 Å². The van der Waals surface area contributed by atoms with Crippen LogP contribution >= 0.6 is 23.2 Å². The average Bonchev–Trinajstić information content (AvgIpc) is 2.21. The van der Waals surface area contributed by atoms with E-state index in [0.29, 0.717) is 15.7 Å². The summed E-state index contributed by atoms with van der Waals surface area (Å²) in [6, 6.07) is 4.97. The van der Waals surface area contributed by atoms with Gasteiger partial charge < -0.3 is 5.73 Å². The number of halogens is 2. The summed E-state index contributed by atoms with van der Waals surface area (Å²) in [5, 5.41) is 0.750. The Morgan fingerprint density at radius 1 is 1.31 bits per heavy atom. The summed E-state index contributed by atoms with van der Waals surface area (Å²) in [4.78, 5) is 14.5. The predicted molar refractivity (Wildman–Crippen MR) is 64.7 cm³/mol. The van der Waals surface area contributed by atoms with Crippen LogP contribution in [0.2, 0.25) is 10.0 Å². The van der Waals surface area contributed by atoms with Gasteiger partial charge >= 0.3 is 0 Å². The van der Waals surface area contributed by atoms with Crippen molar-refractivity contribution in [1.29, 1.82) is 0 Å². The number of hydrazine groups is 1. The second kappa shape index (κ2) is 5.58. The monoisotopic (exact) mass is 260 g/mol. The van der Waals surface area contributed by atoms with Crippen molar-refractivity contribution in [2.24, 2.45) is 10.7 Å². The van der Waals surface area contributed by atoms with Crippen LogP contribution in [0.3, 0.4) is 0 Å². The van der Waals surface area contributed by atoms with E-state index in [-0.39, 0.29) is 11.9 Å². The number of nitrogens with two attached hydrogens (primary N) is 1. The first-order valence-corrected chi connectivity index (χ1v) is 5.07. The highest BCUT2D eigenvalue weighted by Crippen LogP contribution is 2.32. The number of carbonyl (C=O) groups is 1. The lowest BCUT2D eigenvalue weighted by molar-refractivity contribution is -0.119. The van der Waals surface area contributed by atoms with Crippen LogP contribution in [0.25, 0.3) is 0 Å². The van der Waals surface area contributed by atoms with E-state index in [0.717, 1.165) is 0 Å². The lowest BCUT2D eigenvalue weighted by Crippen LogP contribution is -2.44. The van der Waals surface area contributed by atoms with Gasteiger partial charge in [-0.15, -0.1) is 0 Å². The summed E-state index contributed by atoms with van der Waals surface area (Å²) < 4.78 is 0. The number of para-hydroxylation sites is 1. The minimum absolute atomic E-state index is 0.00907. The fraction of sp³-hybridized carbons (Fsp3) is 0.111. The van der Waals surface area contributed by atoms with Gasteiger partial charge in [0.2, 0.25) is 11.9 Å². The van der Waals surface area contributed by atoms with E-state index in [1.807, 2.05) is 0 Å². The first-order chi connectivity index (χ1) is 7.50. The molecule has 1 aromatic rings. The lowest BCUT2D eigenvalue weighted by atomic mass is 10.3. The maximum Gasteiger partial charge on any atom is 0.235 e. The second-order valence-electron chi connectivity index (χ2n) is 2.87. The minimum atomic E-state index is -0.289. The number of guanidine groups is 1. The van der Waals surface area contributed by atoms with Crippen LogP contribution < -0.4 is 16.6 Å². The first kappa shape index (κ1) is 12.6. The van der Waals surface area contributed by atoms with E-state index in [1.165, 1.54) is 6.92 Å². The van der Waals surface area contributed by atoms with Gasteiger partial charge in [0.25, 0.3) is 0 Å². The Kier molecular flexibility index (Phi) is 4.39. The number of benzene rings is 1. The summed E-state index contributed by atoms with van der Waals surface area (Å²) in [5.74, 6) is -0.298. The van der Waals surface area contributed by atoms with Crippen molar-refractivity contribution < 1.29 is 4.79 Å². The molecule has 7 heteroatoms. The number of nitrogens with zero attached hydrogens (tertiary/aromatic N) is 1. The second-order valence-corrected chi connectivity index (χ2v) is 3.69. The van der Waals surface area contributed by atoms with Gasteiger partial charge in [-0.2, -0.15) is 0 Å². The molecule has 0 aliphatic heterocycles. The molecule has 0 heterocycles. The quantitative estimate of drug-likeness (QED) is 0.408. The molecule has 0 spiro atoms. The molecule has 0 aliphatic carbocycles. The van der Waals surface area contributed by atoms with Gasteiger partial charge in [0.1, 0.15) is 5.69 Å². The van der Waals surface area contributed by atoms with Crippen LogP contribution in [0.15, 0.2) is 23.2 Å². The average molecular weight is 261 g/mol. The molecule has 0 radical (unpaired) electrons. The fourth-order valence-corrected chi connectivity index (χ4v) is 1.38. The van der Waals surface area contributed by atoms with Crippen molar-refractivity contribution in [3.63, 3.8) is 0 Å². The summed E-state index contributed by atoms with van der Waals surface area (Å²) in [7, 11) is 0. The Labute approximate surface area is 103 Å². The number of aliphatic imine (C=N–C) groups is 1. The molecule has 0 saturated carbocycles. The SMILES string of the molecule is CC(=O)NNC(N)=Nc1c(Cl)cccc1Cl. The van der Waals surface area contributed by atoms with Crippen molar-refractivity contribution >= 4 is 40.8 Å². The maximum atomic E-state index is 10.6. The fourth-order valence-electron chi connectivity index (χ4n) is 0.896. The van der Waals surface area contributed by atoms with E-state index in [4.69, 9.17) is 28.9 Å². The molecular formula is C9H10Cl2N4O. The molecule has 5 nitrogen and oxygen atoms in total. The van der Waals surface area contributed by atoms with Crippen molar-refractivity contribution in [1.82, 2.24) is 10.9 Å². The third-order valence-corrected chi connectivity index (χ3v) is 2.15. The number of amides is 1. The molecule has 1 rings (SSSR count). The Bertz CT molecular complexity index is 413. The van der Waals surface area contributed by atoms with Crippen LogP contribution in [0, 0.1) is 0 Å². The van der Waals surface area contributed by atoms with E-state index in [9.17, 15) is 4.79 Å². The highest BCUT2D eigenvalue weighted by molar-refractivity contribution is 6.38. The van der Waals surface area contributed by atoms with Gasteiger partial charge in [0, 0.05) is 6.92 Å². The smallest absolute Gasteiger partial charge is 0.235 e. The molecule has 16 heavy (non-hydrogen) atoms. The number of carbonyl (C=O) groups excluding carboxylic acids is 1. The summed E-state index contributed by atoms with van der Waals surface area (Å²) in [6.07, 6.45) is 0. The largest absolute Gasteiger partial charge is 0.368 e. The van der Waals surface area contributed by atoms with Crippen molar-refractivity contribution in [3.8, 4) is 0 Å². The van der Waals surface area contributed by atoms with Gasteiger partial charge in [-0.1, -0.05) is 29.3 Å².